The number of fused-ring (bicyclic) bond motifs is 2. The summed E-state index contributed by atoms with van der Waals surface area (Å²) < 4.78 is 17.6. The van der Waals surface area contributed by atoms with Crippen LogP contribution in [0.4, 0.5) is 10.1 Å². The molecule has 0 bridgehead atoms. The predicted octanol–water partition coefficient (Wildman–Crippen LogP) is 5.93. The van der Waals surface area contributed by atoms with Crippen LogP contribution in [0.1, 0.15) is 55.0 Å². The van der Waals surface area contributed by atoms with Crippen molar-refractivity contribution in [2.45, 2.75) is 64.0 Å². The number of hydrogen-bond acceptors (Lipinski definition) is 6. The molecule has 2 aliphatic heterocycles. The Bertz CT molecular complexity index is 1590. The summed E-state index contributed by atoms with van der Waals surface area (Å²) in [5, 5.41) is 6.03. The minimum Gasteiger partial charge on any atom is -0.304 e. The third kappa shape index (κ3) is 5.19. The van der Waals surface area contributed by atoms with Gasteiger partial charge < -0.3 is 4.90 Å². The number of benzene rings is 2. The van der Waals surface area contributed by atoms with Gasteiger partial charge >= 0.3 is 0 Å². The highest BCUT2D eigenvalue weighted by molar-refractivity contribution is 5.94. The number of aromatic nitrogens is 4. The number of halogens is 1. The molecule has 3 aliphatic rings. The number of nitrogens with zero attached hydrogens (tertiary/aromatic N) is 7. The molecule has 2 fully saturated rings. The molecule has 0 spiro atoms. The lowest BCUT2D eigenvalue weighted by atomic mass is 9.90. The number of likely N-dealkylation sites (N-methyl/N-ethyl adjacent to an activating group) is 1. The SMILES string of the molecule is Cc1ncnc2c1c(-c1ccc(CCC3=Nc4ccccc4C3)c(F)c1)nn2C1CCC(N2CCN(C)CC2)CC1. The minimum absolute atomic E-state index is 0.191. The Balaban J connectivity index is 1.09. The first kappa shape index (κ1) is 26.4. The molecule has 7 nitrogen and oxygen atoms in total. The smallest absolute Gasteiger partial charge is 0.162 e. The first-order chi connectivity index (χ1) is 20.0. The van der Waals surface area contributed by atoms with E-state index in [0.717, 1.165) is 91.2 Å². The van der Waals surface area contributed by atoms with Crippen LogP contribution < -0.4 is 0 Å². The normalized spacial score (nSPS) is 21.8. The van der Waals surface area contributed by atoms with E-state index in [9.17, 15) is 0 Å². The number of aryl methyl sites for hydroxylation is 2. The van der Waals surface area contributed by atoms with Gasteiger partial charge in [0.1, 0.15) is 17.8 Å². The Morgan fingerprint density at radius 3 is 2.46 bits per heavy atom. The first-order valence-corrected chi connectivity index (χ1v) is 15.1. The fourth-order valence-electron chi connectivity index (χ4n) is 6.95. The van der Waals surface area contributed by atoms with Crippen LogP contribution in [-0.4, -0.2) is 74.5 Å². The third-order valence-corrected chi connectivity index (χ3v) is 9.42. The van der Waals surface area contributed by atoms with Crippen LogP contribution in [0.3, 0.4) is 0 Å². The summed E-state index contributed by atoms with van der Waals surface area (Å²) in [7, 11) is 2.21. The number of para-hydroxylation sites is 1. The van der Waals surface area contributed by atoms with Gasteiger partial charge in [-0.3, -0.25) is 9.89 Å². The van der Waals surface area contributed by atoms with E-state index in [0.29, 0.717) is 24.1 Å². The molecule has 41 heavy (non-hydrogen) atoms. The van der Waals surface area contributed by atoms with E-state index >= 15 is 4.39 Å². The van der Waals surface area contributed by atoms with E-state index in [2.05, 4.69) is 37.6 Å². The van der Waals surface area contributed by atoms with Gasteiger partial charge in [-0.1, -0.05) is 30.3 Å². The monoisotopic (exact) mass is 551 g/mol. The fraction of sp³-hybridized carbons (Fsp3) is 0.455. The number of piperazine rings is 1. The Hall–Kier alpha value is -3.49. The van der Waals surface area contributed by atoms with Gasteiger partial charge in [-0.15, -0.1) is 0 Å². The molecule has 2 aromatic carbocycles. The maximum atomic E-state index is 15.5. The van der Waals surface area contributed by atoms with Crippen molar-refractivity contribution in [2.24, 2.45) is 4.99 Å². The molecule has 4 heterocycles. The van der Waals surface area contributed by atoms with E-state index < -0.39 is 0 Å². The molecule has 7 rings (SSSR count). The maximum absolute atomic E-state index is 15.5. The van der Waals surface area contributed by atoms with E-state index in [1.165, 1.54) is 18.4 Å². The van der Waals surface area contributed by atoms with Gasteiger partial charge in [0.15, 0.2) is 5.65 Å². The van der Waals surface area contributed by atoms with Crippen molar-refractivity contribution in [3.63, 3.8) is 0 Å². The zero-order valence-electron chi connectivity index (χ0n) is 24.1. The van der Waals surface area contributed by atoms with Crippen LogP contribution in [0.25, 0.3) is 22.3 Å². The second-order valence-electron chi connectivity index (χ2n) is 12.0. The standard InChI is InChI=1S/C33H38FN7/c1-22-31-32(25-8-7-23(29(34)20-25)9-10-26-19-24-5-3-4-6-30(24)37-26)38-41(33(31)36-21-35-22)28-13-11-27(12-14-28)40-17-15-39(2)16-18-40/h3-8,20-21,27-28H,9-19H2,1-2H3. The quantitative estimate of drug-likeness (QED) is 0.297. The maximum Gasteiger partial charge on any atom is 0.162 e. The van der Waals surface area contributed by atoms with Gasteiger partial charge in [-0.25, -0.2) is 19.0 Å². The molecule has 0 radical (unpaired) electrons. The van der Waals surface area contributed by atoms with Crippen molar-refractivity contribution in [3.05, 3.63) is 71.4 Å². The molecule has 212 valence electrons. The topological polar surface area (TPSA) is 62.4 Å². The van der Waals surface area contributed by atoms with E-state index in [1.54, 1.807) is 12.4 Å². The highest BCUT2D eigenvalue weighted by atomic mass is 19.1. The van der Waals surface area contributed by atoms with Crippen molar-refractivity contribution in [1.29, 1.82) is 0 Å². The second-order valence-corrected chi connectivity index (χ2v) is 12.0. The Morgan fingerprint density at radius 2 is 1.68 bits per heavy atom. The summed E-state index contributed by atoms with van der Waals surface area (Å²) in [6.07, 6.45) is 8.39. The summed E-state index contributed by atoms with van der Waals surface area (Å²) in [5.74, 6) is -0.191. The molecule has 0 amide bonds. The average molecular weight is 552 g/mol. The van der Waals surface area contributed by atoms with Crippen molar-refractivity contribution in [1.82, 2.24) is 29.5 Å². The molecule has 1 aliphatic carbocycles. The summed E-state index contributed by atoms with van der Waals surface area (Å²) in [5.41, 5.74) is 7.44. The van der Waals surface area contributed by atoms with E-state index in [1.807, 2.05) is 37.3 Å². The van der Waals surface area contributed by atoms with Crippen LogP contribution in [0.5, 0.6) is 0 Å². The lowest BCUT2D eigenvalue weighted by molar-refractivity contribution is 0.0815. The molecule has 2 aromatic heterocycles. The molecule has 4 aromatic rings. The van der Waals surface area contributed by atoms with Gasteiger partial charge in [0, 0.05) is 49.9 Å². The summed E-state index contributed by atoms with van der Waals surface area (Å²) in [4.78, 5) is 19.0. The molecule has 0 unspecified atom stereocenters. The van der Waals surface area contributed by atoms with Gasteiger partial charge in [-0.05, 0) is 75.8 Å². The van der Waals surface area contributed by atoms with Crippen molar-refractivity contribution in [2.75, 3.05) is 33.2 Å². The second kappa shape index (κ2) is 11.1. The molecular formula is C33H38FN7. The number of rotatable bonds is 6. The van der Waals surface area contributed by atoms with Crippen LogP contribution in [0.2, 0.25) is 0 Å². The highest BCUT2D eigenvalue weighted by Crippen LogP contribution is 2.37. The Morgan fingerprint density at radius 1 is 0.902 bits per heavy atom. The first-order valence-electron chi connectivity index (χ1n) is 15.1. The fourth-order valence-corrected chi connectivity index (χ4v) is 6.95. The van der Waals surface area contributed by atoms with Crippen LogP contribution in [0, 0.1) is 12.7 Å². The summed E-state index contributed by atoms with van der Waals surface area (Å²) in [6, 6.07) is 14.7. The van der Waals surface area contributed by atoms with Gasteiger partial charge in [0.2, 0.25) is 0 Å². The Labute approximate surface area is 241 Å². The van der Waals surface area contributed by atoms with Gasteiger partial charge in [0.25, 0.3) is 0 Å². The molecule has 0 N–H and O–H groups in total. The minimum atomic E-state index is -0.191. The van der Waals surface area contributed by atoms with Crippen LogP contribution >= 0.6 is 0 Å². The molecule has 8 heteroatoms. The average Bonchev–Trinajstić information content (AvgIpc) is 3.59. The zero-order valence-corrected chi connectivity index (χ0v) is 24.1. The van der Waals surface area contributed by atoms with Crippen LogP contribution in [0.15, 0.2) is 53.8 Å². The van der Waals surface area contributed by atoms with Crippen LogP contribution in [-0.2, 0) is 12.8 Å². The largest absolute Gasteiger partial charge is 0.304 e. The van der Waals surface area contributed by atoms with Crippen molar-refractivity contribution in [3.8, 4) is 11.3 Å². The van der Waals surface area contributed by atoms with E-state index in [4.69, 9.17) is 10.1 Å². The van der Waals surface area contributed by atoms with Gasteiger partial charge in [-0.2, -0.15) is 5.10 Å². The molecule has 1 saturated heterocycles. The zero-order chi connectivity index (χ0) is 27.9. The molecule has 0 atom stereocenters. The lowest BCUT2D eigenvalue weighted by Gasteiger charge is -2.41. The Kier molecular flexibility index (Phi) is 7.13. The number of aliphatic imine (C=N–C) groups is 1. The van der Waals surface area contributed by atoms with Crippen molar-refractivity contribution >= 4 is 22.4 Å². The highest BCUT2D eigenvalue weighted by Gasteiger charge is 2.30. The number of hydrogen-bond donors (Lipinski definition) is 0. The third-order valence-electron chi connectivity index (χ3n) is 9.42. The lowest BCUT2D eigenvalue weighted by Crippen LogP contribution is -2.49. The molecule has 1 saturated carbocycles. The summed E-state index contributed by atoms with van der Waals surface area (Å²) >= 11 is 0. The predicted molar refractivity (Wildman–Crippen MR) is 161 cm³/mol. The van der Waals surface area contributed by atoms with E-state index in [-0.39, 0.29) is 5.82 Å². The van der Waals surface area contributed by atoms with Gasteiger partial charge in [0.05, 0.1) is 22.8 Å². The summed E-state index contributed by atoms with van der Waals surface area (Å²) in [6.45, 7) is 6.63. The molecular weight excluding hydrogens is 513 g/mol. The van der Waals surface area contributed by atoms with Crippen molar-refractivity contribution < 1.29 is 4.39 Å².